The Bertz CT molecular complexity index is 588. The van der Waals surface area contributed by atoms with Crippen molar-refractivity contribution in [2.45, 2.75) is 0 Å². The predicted octanol–water partition coefficient (Wildman–Crippen LogP) is 2.32. The van der Waals surface area contributed by atoms with E-state index in [9.17, 15) is 9.59 Å². The van der Waals surface area contributed by atoms with E-state index in [1.807, 2.05) is 32.3 Å². The Labute approximate surface area is 118 Å². The summed E-state index contributed by atoms with van der Waals surface area (Å²) < 4.78 is 0. The number of hydrogen-bond donors (Lipinski definition) is 1. The summed E-state index contributed by atoms with van der Waals surface area (Å²) in [5, 5.41) is 2.20. The molecule has 102 valence electrons. The van der Waals surface area contributed by atoms with Crippen LogP contribution in [0.4, 0.5) is 5.69 Å². The third-order valence-corrected chi connectivity index (χ3v) is 2.92. The van der Waals surface area contributed by atoms with E-state index in [1.54, 1.807) is 24.3 Å². The number of hydrogen-bond acceptors (Lipinski definition) is 3. The van der Waals surface area contributed by atoms with E-state index in [-0.39, 0.29) is 11.8 Å². The maximum absolute atomic E-state index is 10.9. The number of carbonyl (C=O) groups is 2. The van der Waals surface area contributed by atoms with Crippen LogP contribution in [-0.2, 0) is 0 Å². The first kappa shape index (κ1) is 13.8. The molecule has 1 aliphatic heterocycles. The SMILES string of the molecule is CN(C)c1ccccc1.O=C1NC(=O)c2ccccc21. The second kappa shape index (κ2) is 6.02. The zero-order chi connectivity index (χ0) is 14.5. The van der Waals surface area contributed by atoms with E-state index >= 15 is 0 Å². The van der Waals surface area contributed by atoms with Crippen molar-refractivity contribution in [3.63, 3.8) is 0 Å². The monoisotopic (exact) mass is 268 g/mol. The smallest absolute Gasteiger partial charge is 0.258 e. The van der Waals surface area contributed by atoms with Gasteiger partial charge >= 0.3 is 0 Å². The molecule has 0 aromatic heterocycles. The van der Waals surface area contributed by atoms with Crippen molar-refractivity contribution in [3.8, 4) is 0 Å². The van der Waals surface area contributed by atoms with Crippen molar-refractivity contribution in [3.05, 3.63) is 65.7 Å². The number of rotatable bonds is 1. The number of nitrogens with zero attached hydrogens (tertiary/aromatic N) is 1. The van der Waals surface area contributed by atoms with E-state index in [4.69, 9.17) is 0 Å². The fraction of sp³-hybridized carbons (Fsp3) is 0.125. The van der Waals surface area contributed by atoms with Crippen molar-refractivity contribution < 1.29 is 9.59 Å². The van der Waals surface area contributed by atoms with E-state index in [0.717, 1.165) is 0 Å². The van der Waals surface area contributed by atoms with Gasteiger partial charge in [0.05, 0.1) is 11.1 Å². The molecule has 0 unspecified atom stereocenters. The van der Waals surface area contributed by atoms with Crippen LogP contribution >= 0.6 is 0 Å². The highest BCUT2D eigenvalue weighted by Crippen LogP contribution is 2.13. The molecule has 20 heavy (non-hydrogen) atoms. The largest absolute Gasteiger partial charge is 0.378 e. The molecule has 1 aliphatic rings. The van der Waals surface area contributed by atoms with Crippen LogP contribution in [0, 0.1) is 0 Å². The predicted molar refractivity (Wildman–Crippen MR) is 79.0 cm³/mol. The molecule has 0 aliphatic carbocycles. The van der Waals surface area contributed by atoms with Crippen LogP contribution in [0.5, 0.6) is 0 Å². The lowest BCUT2D eigenvalue weighted by molar-refractivity contribution is 0.0879. The van der Waals surface area contributed by atoms with Crippen molar-refractivity contribution >= 4 is 17.5 Å². The van der Waals surface area contributed by atoms with Crippen LogP contribution in [-0.4, -0.2) is 25.9 Å². The Kier molecular flexibility index (Phi) is 4.15. The third-order valence-electron chi connectivity index (χ3n) is 2.92. The Hall–Kier alpha value is -2.62. The molecule has 3 rings (SSSR count). The molecule has 0 bridgehead atoms. The molecular weight excluding hydrogens is 252 g/mol. The molecule has 0 saturated carbocycles. The second-order valence-corrected chi connectivity index (χ2v) is 4.56. The summed E-state index contributed by atoms with van der Waals surface area (Å²) >= 11 is 0. The fourth-order valence-electron chi connectivity index (χ4n) is 1.84. The molecule has 4 nitrogen and oxygen atoms in total. The van der Waals surface area contributed by atoms with Crippen LogP contribution in [0.25, 0.3) is 0 Å². The summed E-state index contributed by atoms with van der Waals surface area (Å²) in [7, 11) is 4.07. The van der Waals surface area contributed by atoms with Crippen LogP contribution in [0.3, 0.4) is 0 Å². The number of nitrogens with one attached hydrogen (secondary N) is 1. The van der Waals surface area contributed by atoms with Crippen molar-refractivity contribution in [2.24, 2.45) is 0 Å². The summed E-state index contributed by atoms with van der Waals surface area (Å²) in [4.78, 5) is 24.0. The summed E-state index contributed by atoms with van der Waals surface area (Å²) in [5.41, 5.74) is 2.19. The molecule has 0 atom stereocenters. The zero-order valence-electron chi connectivity index (χ0n) is 11.5. The van der Waals surface area contributed by atoms with Gasteiger partial charge in [-0.25, -0.2) is 0 Å². The summed E-state index contributed by atoms with van der Waals surface area (Å²) in [6, 6.07) is 17.0. The highest BCUT2D eigenvalue weighted by Gasteiger charge is 2.25. The Morgan fingerprint density at radius 2 is 1.20 bits per heavy atom. The number of fused-ring (bicyclic) bond motifs is 1. The van der Waals surface area contributed by atoms with Crippen LogP contribution in [0.15, 0.2) is 54.6 Å². The minimum Gasteiger partial charge on any atom is -0.378 e. The number of carbonyl (C=O) groups excluding carboxylic acids is 2. The van der Waals surface area contributed by atoms with Gasteiger partial charge in [-0.1, -0.05) is 30.3 Å². The molecule has 0 fully saturated rings. The highest BCUT2D eigenvalue weighted by molar-refractivity contribution is 6.21. The van der Waals surface area contributed by atoms with Gasteiger partial charge in [-0.2, -0.15) is 0 Å². The second-order valence-electron chi connectivity index (χ2n) is 4.56. The number of amides is 2. The average molecular weight is 268 g/mol. The zero-order valence-corrected chi connectivity index (χ0v) is 11.5. The lowest BCUT2D eigenvalue weighted by Crippen LogP contribution is -2.19. The lowest BCUT2D eigenvalue weighted by atomic mass is 10.1. The van der Waals surface area contributed by atoms with Gasteiger partial charge < -0.3 is 4.90 Å². The van der Waals surface area contributed by atoms with Gasteiger partial charge in [0.2, 0.25) is 0 Å². The summed E-state index contributed by atoms with van der Waals surface area (Å²) in [6.45, 7) is 0. The van der Waals surface area contributed by atoms with Gasteiger partial charge in [0.15, 0.2) is 0 Å². The summed E-state index contributed by atoms with van der Waals surface area (Å²) in [5.74, 6) is -0.601. The number of benzene rings is 2. The van der Waals surface area contributed by atoms with E-state index in [0.29, 0.717) is 11.1 Å². The van der Waals surface area contributed by atoms with Crippen molar-refractivity contribution in [1.82, 2.24) is 5.32 Å². The molecule has 2 aromatic rings. The van der Waals surface area contributed by atoms with E-state index < -0.39 is 0 Å². The van der Waals surface area contributed by atoms with Crippen molar-refractivity contribution in [2.75, 3.05) is 19.0 Å². The van der Waals surface area contributed by atoms with Gasteiger partial charge in [-0.05, 0) is 24.3 Å². The average Bonchev–Trinajstić information content (AvgIpc) is 2.76. The number of para-hydroxylation sites is 1. The van der Waals surface area contributed by atoms with E-state index in [2.05, 4.69) is 22.3 Å². The van der Waals surface area contributed by atoms with Gasteiger partial charge in [0.25, 0.3) is 11.8 Å². The molecule has 2 aromatic carbocycles. The molecule has 4 heteroatoms. The molecular formula is C16H16N2O2. The number of imide groups is 1. The highest BCUT2D eigenvalue weighted by atomic mass is 16.2. The fourth-order valence-corrected chi connectivity index (χ4v) is 1.84. The first-order chi connectivity index (χ1) is 9.59. The van der Waals surface area contributed by atoms with Crippen LogP contribution in [0.1, 0.15) is 20.7 Å². The van der Waals surface area contributed by atoms with Crippen molar-refractivity contribution in [1.29, 1.82) is 0 Å². The first-order valence-corrected chi connectivity index (χ1v) is 6.26. The lowest BCUT2D eigenvalue weighted by Gasteiger charge is -2.10. The number of anilines is 1. The van der Waals surface area contributed by atoms with Crippen LogP contribution in [0.2, 0.25) is 0 Å². The van der Waals surface area contributed by atoms with Crippen LogP contribution < -0.4 is 10.2 Å². The topological polar surface area (TPSA) is 49.4 Å². The van der Waals surface area contributed by atoms with Gasteiger partial charge in [-0.15, -0.1) is 0 Å². The molecule has 0 saturated heterocycles. The minimum atomic E-state index is -0.300. The Morgan fingerprint density at radius 1 is 0.750 bits per heavy atom. The third kappa shape index (κ3) is 3.03. The standard InChI is InChI=1S/C8H5NO2.C8H11N/c10-7-5-3-1-2-4-6(5)8(11)9-7;1-9(2)8-6-4-3-5-7-8/h1-4H,(H,9,10,11);3-7H,1-2H3. The minimum absolute atomic E-state index is 0.300. The van der Waals surface area contributed by atoms with Gasteiger partial charge in [-0.3, -0.25) is 14.9 Å². The molecule has 1 N–H and O–H groups in total. The maximum Gasteiger partial charge on any atom is 0.258 e. The van der Waals surface area contributed by atoms with E-state index in [1.165, 1.54) is 5.69 Å². The quantitative estimate of drug-likeness (QED) is 0.807. The molecule has 2 amide bonds. The molecule has 0 radical (unpaired) electrons. The first-order valence-electron chi connectivity index (χ1n) is 6.26. The van der Waals surface area contributed by atoms with Gasteiger partial charge in [0, 0.05) is 19.8 Å². The van der Waals surface area contributed by atoms with Gasteiger partial charge in [0.1, 0.15) is 0 Å². The maximum atomic E-state index is 10.9. The molecule has 0 spiro atoms. The molecule has 1 heterocycles. The normalized spacial score (nSPS) is 12.1. The Balaban J connectivity index is 0.000000151. The Morgan fingerprint density at radius 3 is 1.60 bits per heavy atom. The summed E-state index contributed by atoms with van der Waals surface area (Å²) in [6.07, 6.45) is 0.